The molecule has 0 spiro atoms. The fourth-order valence-corrected chi connectivity index (χ4v) is 3.84. The van der Waals surface area contributed by atoms with Gasteiger partial charge in [-0.2, -0.15) is 0 Å². The van der Waals surface area contributed by atoms with Crippen molar-refractivity contribution in [3.8, 4) is 15.6 Å². The highest BCUT2D eigenvalue weighted by atomic mass is 35.5. The molecular formula is C17H15ClN4O3S. The standard InChI is InChI=1S/C17H15ClN4O3S/c18-15-2-1-12-13(21-15)7-10(8-19-12)14-9-20-16(26-14)25-11-3-5-22(6-4-11)17(23)24/h1-2,7-9,11H,3-6H2,(H,23,24). The number of aromatic nitrogens is 3. The second kappa shape index (κ2) is 7.05. The molecule has 1 amide bonds. The first-order valence-corrected chi connectivity index (χ1v) is 9.31. The number of rotatable bonds is 3. The van der Waals surface area contributed by atoms with Crippen LogP contribution in [0.4, 0.5) is 4.79 Å². The number of ether oxygens (including phenoxy) is 1. The fourth-order valence-electron chi connectivity index (χ4n) is 2.87. The van der Waals surface area contributed by atoms with Gasteiger partial charge in [-0.15, -0.1) is 0 Å². The van der Waals surface area contributed by atoms with Crippen LogP contribution in [-0.2, 0) is 0 Å². The van der Waals surface area contributed by atoms with Gasteiger partial charge in [-0.1, -0.05) is 22.9 Å². The van der Waals surface area contributed by atoms with E-state index < -0.39 is 6.09 Å². The Labute approximate surface area is 158 Å². The van der Waals surface area contributed by atoms with Crippen LogP contribution < -0.4 is 4.74 Å². The molecule has 0 bridgehead atoms. The number of likely N-dealkylation sites (tertiary alicyclic amines) is 1. The van der Waals surface area contributed by atoms with Crippen molar-refractivity contribution in [3.05, 3.63) is 35.7 Å². The molecule has 0 saturated carbocycles. The molecule has 0 radical (unpaired) electrons. The summed E-state index contributed by atoms with van der Waals surface area (Å²) in [5, 5.41) is 10.00. The first kappa shape index (κ1) is 17.0. The van der Waals surface area contributed by atoms with Crippen LogP contribution in [0.2, 0.25) is 5.15 Å². The van der Waals surface area contributed by atoms with Crippen LogP contribution in [0.1, 0.15) is 12.8 Å². The summed E-state index contributed by atoms with van der Waals surface area (Å²) >= 11 is 7.39. The van der Waals surface area contributed by atoms with Crippen LogP contribution in [0.5, 0.6) is 5.19 Å². The summed E-state index contributed by atoms with van der Waals surface area (Å²) in [6.45, 7) is 0.971. The molecule has 26 heavy (non-hydrogen) atoms. The number of carboxylic acid groups (broad SMARTS) is 1. The molecule has 3 aromatic rings. The van der Waals surface area contributed by atoms with Gasteiger partial charge in [0, 0.05) is 43.9 Å². The molecule has 1 N–H and O–H groups in total. The minimum Gasteiger partial charge on any atom is -0.467 e. The lowest BCUT2D eigenvalue weighted by molar-refractivity contribution is 0.0893. The Balaban J connectivity index is 1.47. The Kier molecular flexibility index (Phi) is 4.60. The van der Waals surface area contributed by atoms with Crippen molar-refractivity contribution in [3.63, 3.8) is 0 Å². The summed E-state index contributed by atoms with van der Waals surface area (Å²) in [4.78, 5) is 26.3. The van der Waals surface area contributed by atoms with E-state index in [4.69, 9.17) is 21.4 Å². The van der Waals surface area contributed by atoms with Gasteiger partial charge < -0.3 is 14.7 Å². The number of fused-ring (bicyclic) bond motifs is 1. The largest absolute Gasteiger partial charge is 0.467 e. The Morgan fingerprint density at radius 3 is 2.81 bits per heavy atom. The number of thiazole rings is 1. The molecule has 0 aliphatic carbocycles. The second-order valence-electron chi connectivity index (χ2n) is 5.97. The van der Waals surface area contributed by atoms with E-state index in [9.17, 15) is 4.79 Å². The molecule has 1 saturated heterocycles. The van der Waals surface area contributed by atoms with Crippen molar-refractivity contribution >= 4 is 40.1 Å². The first-order chi connectivity index (χ1) is 12.6. The lowest BCUT2D eigenvalue weighted by Crippen LogP contribution is -2.41. The molecule has 1 aliphatic rings. The van der Waals surface area contributed by atoms with Crippen molar-refractivity contribution in [1.29, 1.82) is 0 Å². The van der Waals surface area contributed by atoms with Crippen LogP contribution in [0.25, 0.3) is 21.5 Å². The first-order valence-electron chi connectivity index (χ1n) is 8.11. The number of piperidine rings is 1. The van der Waals surface area contributed by atoms with Crippen LogP contribution >= 0.6 is 22.9 Å². The normalized spacial score (nSPS) is 15.3. The SMILES string of the molecule is O=C(O)N1CCC(Oc2ncc(-c3cnc4ccc(Cl)nc4c3)s2)CC1. The van der Waals surface area contributed by atoms with Gasteiger partial charge in [0.2, 0.25) is 0 Å². The van der Waals surface area contributed by atoms with E-state index in [1.165, 1.54) is 16.2 Å². The Bertz CT molecular complexity index is 956. The Hall–Kier alpha value is -2.45. The third-order valence-electron chi connectivity index (χ3n) is 4.25. The van der Waals surface area contributed by atoms with Gasteiger partial charge in [0.1, 0.15) is 11.3 Å². The highest BCUT2D eigenvalue weighted by molar-refractivity contribution is 7.16. The zero-order valence-corrected chi connectivity index (χ0v) is 15.2. The zero-order valence-electron chi connectivity index (χ0n) is 13.6. The molecule has 0 unspecified atom stereocenters. The summed E-state index contributed by atoms with van der Waals surface area (Å²) in [6, 6.07) is 5.47. The summed E-state index contributed by atoms with van der Waals surface area (Å²) in [7, 11) is 0. The zero-order chi connectivity index (χ0) is 18.1. The minimum absolute atomic E-state index is 0.0141. The van der Waals surface area contributed by atoms with Gasteiger partial charge in [-0.25, -0.2) is 14.8 Å². The average Bonchev–Trinajstić information content (AvgIpc) is 3.10. The van der Waals surface area contributed by atoms with E-state index >= 15 is 0 Å². The highest BCUT2D eigenvalue weighted by Gasteiger charge is 2.24. The summed E-state index contributed by atoms with van der Waals surface area (Å²) in [5.74, 6) is 0. The molecule has 3 aromatic heterocycles. The quantitative estimate of drug-likeness (QED) is 0.681. The molecule has 1 fully saturated rings. The molecule has 4 rings (SSSR count). The van der Waals surface area contributed by atoms with Crippen LogP contribution in [0.15, 0.2) is 30.6 Å². The maximum atomic E-state index is 10.9. The summed E-state index contributed by atoms with van der Waals surface area (Å²) in [6.07, 6.45) is 3.97. The maximum absolute atomic E-state index is 10.9. The third-order valence-corrected chi connectivity index (χ3v) is 5.40. The van der Waals surface area contributed by atoms with E-state index in [2.05, 4.69) is 15.0 Å². The van der Waals surface area contributed by atoms with Gasteiger partial charge >= 0.3 is 6.09 Å². The van der Waals surface area contributed by atoms with Crippen molar-refractivity contribution in [2.24, 2.45) is 0 Å². The third kappa shape index (κ3) is 3.56. The average molecular weight is 391 g/mol. The van der Waals surface area contributed by atoms with E-state index in [0.717, 1.165) is 21.5 Å². The van der Waals surface area contributed by atoms with Gasteiger partial charge in [0.15, 0.2) is 0 Å². The molecule has 0 atom stereocenters. The van der Waals surface area contributed by atoms with Crippen molar-refractivity contribution < 1.29 is 14.6 Å². The molecule has 7 nitrogen and oxygen atoms in total. The fraction of sp³-hybridized carbons (Fsp3) is 0.294. The van der Waals surface area contributed by atoms with Crippen LogP contribution in [0, 0.1) is 0 Å². The van der Waals surface area contributed by atoms with Gasteiger partial charge in [-0.3, -0.25) is 4.98 Å². The molecule has 1 aliphatic heterocycles. The smallest absolute Gasteiger partial charge is 0.407 e. The predicted molar refractivity (Wildman–Crippen MR) is 98.9 cm³/mol. The minimum atomic E-state index is -0.877. The number of halogens is 1. The molecule has 4 heterocycles. The number of carbonyl (C=O) groups is 1. The Morgan fingerprint density at radius 2 is 2.04 bits per heavy atom. The van der Waals surface area contributed by atoms with Gasteiger partial charge in [-0.05, 0) is 18.2 Å². The van der Waals surface area contributed by atoms with E-state index in [0.29, 0.717) is 36.3 Å². The van der Waals surface area contributed by atoms with Crippen LogP contribution in [0.3, 0.4) is 0 Å². The molecular weight excluding hydrogens is 376 g/mol. The summed E-state index contributed by atoms with van der Waals surface area (Å²) in [5.41, 5.74) is 2.41. The van der Waals surface area contributed by atoms with E-state index in [1.54, 1.807) is 18.5 Å². The highest BCUT2D eigenvalue weighted by Crippen LogP contribution is 2.32. The lowest BCUT2D eigenvalue weighted by Gasteiger charge is -2.29. The maximum Gasteiger partial charge on any atom is 0.407 e. The van der Waals surface area contributed by atoms with Crippen LogP contribution in [-0.4, -0.2) is 50.2 Å². The molecule has 9 heteroatoms. The van der Waals surface area contributed by atoms with E-state index in [1.807, 2.05) is 12.1 Å². The molecule has 134 valence electrons. The van der Waals surface area contributed by atoms with Gasteiger partial charge in [0.25, 0.3) is 5.19 Å². The number of amides is 1. The second-order valence-corrected chi connectivity index (χ2v) is 7.35. The number of hydrogen-bond donors (Lipinski definition) is 1. The monoisotopic (exact) mass is 390 g/mol. The van der Waals surface area contributed by atoms with E-state index in [-0.39, 0.29) is 6.10 Å². The Morgan fingerprint density at radius 1 is 1.23 bits per heavy atom. The topological polar surface area (TPSA) is 88.4 Å². The van der Waals surface area contributed by atoms with Crippen molar-refractivity contribution in [1.82, 2.24) is 19.9 Å². The molecule has 0 aromatic carbocycles. The van der Waals surface area contributed by atoms with Crippen molar-refractivity contribution in [2.75, 3.05) is 13.1 Å². The number of hydrogen-bond acceptors (Lipinski definition) is 6. The summed E-state index contributed by atoms with van der Waals surface area (Å²) < 4.78 is 5.92. The van der Waals surface area contributed by atoms with Gasteiger partial charge in [0.05, 0.1) is 15.9 Å². The predicted octanol–water partition coefficient (Wildman–Crippen LogP) is 3.93. The lowest BCUT2D eigenvalue weighted by atomic mass is 10.1. The number of pyridine rings is 2. The van der Waals surface area contributed by atoms with Crippen molar-refractivity contribution in [2.45, 2.75) is 18.9 Å². The number of nitrogens with zero attached hydrogens (tertiary/aromatic N) is 4.